The third-order valence-electron chi connectivity index (χ3n) is 8.59. The van der Waals surface area contributed by atoms with E-state index in [1.807, 2.05) is 13.8 Å². The van der Waals surface area contributed by atoms with Crippen molar-refractivity contribution in [2.45, 2.75) is 89.4 Å². The lowest BCUT2D eigenvalue weighted by Crippen LogP contribution is -2.41. The third-order valence-corrected chi connectivity index (χ3v) is 8.59. The number of hydrogen-bond donors (Lipinski definition) is 4. The minimum atomic E-state index is -3.09. The summed E-state index contributed by atoms with van der Waals surface area (Å²) in [5.41, 5.74) is 7.79. The van der Waals surface area contributed by atoms with Gasteiger partial charge in [0.2, 0.25) is 0 Å². The van der Waals surface area contributed by atoms with Crippen LogP contribution in [0.3, 0.4) is 0 Å². The second kappa shape index (κ2) is 9.93. The van der Waals surface area contributed by atoms with Gasteiger partial charge in [0, 0.05) is 30.4 Å². The molecule has 10 nitrogen and oxygen atoms in total. The number of rotatable bonds is 8. The Morgan fingerprint density at radius 1 is 1.23 bits per heavy atom. The van der Waals surface area contributed by atoms with Crippen LogP contribution in [0.15, 0.2) is 24.4 Å². The predicted octanol–water partition coefficient (Wildman–Crippen LogP) is 3.61. The lowest BCUT2D eigenvalue weighted by molar-refractivity contribution is -0.0501. The highest BCUT2D eigenvalue weighted by Crippen LogP contribution is 2.42. The predicted molar refractivity (Wildman–Crippen MR) is 143 cm³/mol. The molecule has 3 aliphatic rings. The van der Waals surface area contributed by atoms with Gasteiger partial charge in [-0.05, 0) is 82.1 Å². The van der Waals surface area contributed by atoms with Gasteiger partial charge in [-0.1, -0.05) is 0 Å². The van der Waals surface area contributed by atoms with Gasteiger partial charge >= 0.3 is 6.61 Å². The van der Waals surface area contributed by atoms with Gasteiger partial charge in [-0.2, -0.15) is 8.78 Å². The first-order chi connectivity index (χ1) is 19.0. The minimum Gasteiger partial charge on any atom is -0.434 e. The Hall–Kier alpha value is -3.35. The number of aromatic nitrogens is 3. The molecule has 0 saturated heterocycles. The minimum absolute atomic E-state index is 0.0128. The Labute approximate surface area is 230 Å². The Morgan fingerprint density at radius 3 is 2.62 bits per heavy atom. The van der Waals surface area contributed by atoms with Gasteiger partial charge in [0.25, 0.3) is 5.91 Å². The molecule has 1 amide bonds. The molecule has 3 aromatic rings. The number of carbonyl (C=O) groups is 1. The number of nitrogen functional groups attached to an aromatic ring is 1. The first-order valence-corrected chi connectivity index (χ1v) is 13.7. The van der Waals surface area contributed by atoms with E-state index in [0.29, 0.717) is 66.2 Å². The van der Waals surface area contributed by atoms with Crippen molar-refractivity contribution < 1.29 is 28.5 Å². The SMILES string of the molecule is C[C@@H](C1CC1)N1Cc2cc(-c3ccn4nc(N)c(C(O)NC5CCC(C)(O)CC5)c4n3)cc(OC(F)F)c2C1=O. The van der Waals surface area contributed by atoms with Crippen LogP contribution in [-0.2, 0) is 6.54 Å². The molecule has 0 radical (unpaired) electrons. The number of nitrogens with two attached hydrogens (primary N) is 1. The molecule has 1 aliphatic heterocycles. The number of alkyl halides is 2. The molecule has 6 rings (SSSR count). The molecule has 0 spiro atoms. The molecule has 40 heavy (non-hydrogen) atoms. The van der Waals surface area contributed by atoms with Crippen molar-refractivity contribution in [2.24, 2.45) is 5.92 Å². The van der Waals surface area contributed by atoms with Gasteiger partial charge in [0.1, 0.15) is 12.0 Å². The zero-order valence-corrected chi connectivity index (χ0v) is 22.5. The largest absolute Gasteiger partial charge is 0.434 e. The smallest absolute Gasteiger partial charge is 0.387 e. The molecule has 2 saturated carbocycles. The van der Waals surface area contributed by atoms with E-state index in [2.05, 4.69) is 10.4 Å². The summed E-state index contributed by atoms with van der Waals surface area (Å²) in [5, 5.41) is 28.8. The zero-order chi connectivity index (χ0) is 28.3. The van der Waals surface area contributed by atoms with E-state index in [1.165, 1.54) is 10.6 Å². The van der Waals surface area contributed by atoms with E-state index in [1.54, 1.807) is 23.2 Å². The molecule has 2 atom stereocenters. The maximum absolute atomic E-state index is 13.4. The quantitative estimate of drug-likeness (QED) is 0.309. The van der Waals surface area contributed by atoms with Gasteiger partial charge in [-0.3, -0.25) is 10.1 Å². The van der Waals surface area contributed by atoms with Crippen LogP contribution in [-0.4, -0.2) is 59.9 Å². The van der Waals surface area contributed by atoms with Crippen molar-refractivity contribution in [2.75, 3.05) is 5.73 Å². The van der Waals surface area contributed by atoms with Crippen LogP contribution in [0.2, 0.25) is 0 Å². The molecule has 1 unspecified atom stereocenters. The molecule has 12 heteroatoms. The number of nitrogens with one attached hydrogen (secondary N) is 1. The topological polar surface area (TPSA) is 138 Å². The number of benzene rings is 1. The molecule has 214 valence electrons. The van der Waals surface area contributed by atoms with Crippen LogP contribution in [0.1, 0.15) is 80.1 Å². The highest BCUT2D eigenvalue weighted by molar-refractivity contribution is 6.02. The second-order valence-electron chi connectivity index (χ2n) is 11.6. The molecular weight excluding hydrogens is 522 g/mol. The fourth-order valence-corrected chi connectivity index (χ4v) is 6.04. The molecule has 2 fully saturated rings. The number of halogens is 2. The fraction of sp³-hybridized carbons (Fsp3) is 0.536. The maximum Gasteiger partial charge on any atom is 0.387 e. The molecule has 0 bridgehead atoms. The number of hydrogen-bond acceptors (Lipinski definition) is 8. The molecular formula is C28H34F2N6O4. The van der Waals surface area contributed by atoms with Gasteiger partial charge in [-0.15, -0.1) is 5.10 Å². The summed E-state index contributed by atoms with van der Waals surface area (Å²) in [7, 11) is 0. The van der Waals surface area contributed by atoms with Gasteiger partial charge in [-0.25, -0.2) is 9.50 Å². The van der Waals surface area contributed by atoms with Crippen molar-refractivity contribution in [3.05, 3.63) is 41.1 Å². The van der Waals surface area contributed by atoms with Crippen LogP contribution in [0.25, 0.3) is 16.9 Å². The summed E-state index contributed by atoms with van der Waals surface area (Å²) in [6, 6.07) is 4.86. The Balaban J connectivity index is 1.33. The number of amides is 1. The van der Waals surface area contributed by atoms with E-state index in [9.17, 15) is 23.8 Å². The van der Waals surface area contributed by atoms with E-state index in [0.717, 1.165) is 12.8 Å². The number of nitrogens with zero attached hydrogens (tertiary/aromatic N) is 4. The van der Waals surface area contributed by atoms with Gasteiger partial charge in [0.15, 0.2) is 11.5 Å². The Morgan fingerprint density at radius 2 is 1.95 bits per heavy atom. The molecule has 2 aliphatic carbocycles. The number of ether oxygens (including phenoxy) is 1. The summed E-state index contributed by atoms with van der Waals surface area (Å²) in [6.07, 6.45) is 5.20. The average molecular weight is 557 g/mol. The van der Waals surface area contributed by atoms with Gasteiger partial charge in [0.05, 0.1) is 22.4 Å². The van der Waals surface area contributed by atoms with Crippen LogP contribution >= 0.6 is 0 Å². The lowest BCUT2D eigenvalue weighted by Gasteiger charge is -2.34. The summed E-state index contributed by atoms with van der Waals surface area (Å²) in [5.74, 6) is 0.0549. The Bertz CT molecular complexity index is 1450. The van der Waals surface area contributed by atoms with Crippen LogP contribution in [0.4, 0.5) is 14.6 Å². The Kier molecular flexibility index (Phi) is 6.67. The number of aliphatic hydroxyl groups is 2. The van der Waals surface area contributed by atoms with Crippen molar-refractivity contribution in [3.8, 4) is 17.0 Å². The molecule has 3 heterocycles. The average Bonchev–Trinajstić information content (AvgIpc) is 3.61. The highest BCUT2D eigenvalue weighted by atomic mass is 19.3. The molecule has 5 N–H and O–H groups in total. The zero-order valence-electron chi connectivity index (χ0n) is 22.5. The van der Waals surface area contributed by atoms with Gasteiger partial charge < -0.3 is 25.6 Å². The van der Waals surface area contributed by atoms with Crippen molar-refractivity contribution >= 4 is 17.4 Å². The van der Waals surface area contributed by atoms with E-state index in [-0.39, 0.29) is 35.1 Å². The summed E-state index contributed by atoms with van der Waals surface area (Å²) < 4.78 is 33.1. The monoisotopic (exact) mass is 556 g/mol. The summed E-state index contributed by atoms with van der Waals surface area (Å²) in [6.45, 7) is 1.02. The lowest BCUT2D eigenvalue weighted by atomic mass is 9.83. The third kappa shape index (κ3) is 4.99. The summed E-state index contributed by atoms with van der Waals surface area (Å²) >= 11 is 0. The highest BCUT2D eigenvalue weighted by Gasteiger charge is 2.40. The fourth-order valence-electron chi connectivity index (χ4n) is 6.04. The number of aliphatic hydroxyl groups excluding tert-OH is 1. The van der Waals surface area contributed by atoms with Crippen molar-refractivity contribution in [1.29, 1.82) is 0 Å². The van der Waals surface area contributed by atoms with Crippen LogP contribution in [0.5, 0.6) is 5.75 Å². The van der Waals surface area contributed by atoms with Crippen LogP contribution < -0.4 is 15.8 Å². The standard InChI is InChI=1S/C28H34F2N6O4/c1-14(15-3-4-15)35-13-17-11-16(12-20(40-27(29)30)21(17)26(35)38)19-7-10-36-24(33-19)22(23(31)34-36)25(37)32-18-5-8-28(2,39)9-6-18/h7,10-12,14-15,18,25,27,32,37,39H,3-6,8-9,13H2,1-2H3,(H2,31,34)/t14-,18?,25?,28?/m0/s1. The van der Waals surface area contributed by atoms with E-state index in [4.69, 9.17) is 15.5 Å². The number of fused-ring (bicyclic) bond motifs is 2. The van der Waals surface area contributed by atoms with E-state index < -0.39 is 18.4 Å². The van der Waals surface area contributed by atoms with Crippen molar-refractivity contribution in [3.63, 3.8) is 0 Å². The van der Waals surface area contributed by atoms with E-state index >= 15 is 0 Å². The number of anilines is 1. The molecule has 1 aromatic carbocycles. The first kappa shape index (κ1) is 26.9. The molecule has 2 aromatic heterocycles. The van der Waals surface area contributed by atoms with Crippen molar-refractivity contribution in [1.82, 2.24) is 24.8 Å². The van der Waals surface area contributed by atoms with Crippen LogP contribution in [0, 0.1) is 5.92 Å². The normalized spacial score (nSPS) is 24.5. The first-order valence-electron chi connectivity index (χ1n) is 13.7. The summed E-state index contributed by atoms with van der Waals surface area (Å²) in [4.78, 5) is 19.7. The maximum atomic E-state index is 13.4. The second-order valence-corrected chi connectivity index (χ2v) is 11.6. The number of carbonyl (C=O) groups excluding carboxylic acids is 1.